The van der Waals surface area contributed by atoms with Gasteiger partial charge in [0.1, 0.15) is 5.82 Å². The maximum absolute atomic E-state index is 12.7. The molecule has 2 aromatic rings. The number of nitrogens with one attached hydrogen (secondary N) is 2. The maximum atomic E-state index is 12.7. The number of aromatic amines is 1. The predicted octanol–water partition coefficient (Wildman–Crippen LogP) is 2.28. The van der Waals surface area contributed by atoms with Crippen LogP contribution in [-0.2, 0) is 16.4 Å². The zero-order chi connectivity index (χ0) is 15.8. The summed E-state index contributed by atoms with van der Waals surface area (Å²) in [6.07, 6.45) is 2.30. The molecule has 1 aromatic carbocycles. The largest absolute Gasteiger partial charge is 0.398 e. The van der Waals surface area contributed by atoms with Gasteiger partial charge in [-0.05, 0) is 49.9 Å². The summed E-state index contributed by atoms with van der Waals surface area (Å²) in [7, 11) is -3.72. The first-order valence-electron chi connectivity index (χ1n) is 6.69. The number of hydrogen-bond acceptors (Lipinski definition) is 4. The van der Waals surface area contributed by atoms with Gasteiger partial charge in [-0.2, -0.15) is 5.10 Å². The minimum absolute atomic E-state index is 0.233. The molecule has 0 bridgehead atoms. The van der Waals surface area contributed by atoms with E-state index in [1.54, 1.807) is 26.1 Å². The Labute approximate surface area is 124 Å². The number of nitrogens with zero attached hydrogens (tertiary/aromatic N) is 1. The van der Waals surface area contributed by atoms with Crippen LogP contribution in [-0.4, -0.2) is 18.6 Å². The summed E-state index contributed by atoms with van der Waals surface area (Å²) in [4.78, 5) is 0.233. The Hall–Kier alpha value is -2.02. The van der Waals surface area contributed by atoms with E-state index in [0.29, 0.717) is 29.1 Å². The van der Waals surface area contributed by atoms with Gasteiger partial charge >= 0.3 is 0 Å². The van der Waals surface area contributed by atoms with E-state index in [1.807, 2.05) is 13.8 Å². The first kappa shape index (κ1) is 15.4. The monoisotopic (exact) mass is 308 g/mol. The summed E-state index contributed by atoms with van der Waals surface area (Å²) in [5.41, 5.74) is 9.29. The van der Waals surface area contributed by atoms with E-state index in [0.717, 1.165) is 11.1 Å². The molecule has 0 saturated carbocycles. The van der Waals surface area contributed by atoms with Crippen LogP contribution in [0.25, 0.3) is 0 Å². The van der Waals surface area contributed by atoms with E-state index < -0.39 is 10.0 Å². The molecule has 7 heteroatoms. The molecule has 0 fully saturated rings. The Bertz CT molecular complexity index is 752. The summed E-state index contributed by atoms with van der Waals surface area (Å²) in [6, 6.07) is 1.79. The summed E-state index contributed by atoms with van der Waals surface area (Å²) in [5.74, 6) is 0.399. The molecule has 4 N–H and O–H groups in total. The van der Waals surface area contributed by atoms with Gasteiger partial charge in [-0.25, -0.2) is 8.42 Å². The lowest BCUT2D eigenvalue weighted by atomic mass is 10.1. The number of anilines is 2. The molecule has 0 saturated heterocycles. The number of aryl methyl sites for hydroxylation is 2. The average Bonchev–Trinajstić information content (AvgIpc) is 2.82. The van der Waals surface area contributed by atoms with Gasteiger partial charge in [0, 0.05) is 11.3 Å². The molecule has 0 aliphatic rings. The smallest absolute Gasteiger partial charge is 0.263 e. The Balaban J connectivity index is 2.55. The number of nitrogens with two attached hydrogens (primary N) is 1. The normalized spacial score (nSPS) is 11.6. The van der Waals surface area contributed by atoms with Crippen molar-refractivity contribution in [3.05, 3.63) is 34.5 Å². The molecule has 0 unspecified atom stereocenters. The van der Waals surface area contributed by atoms with Gasteiger partial charge in [-0.1, -0.05) is 6.92 Å². The van der Waals surface area contributed by atoms with Crippen LogP contribution in [0.5, 0.6) is 0 Å². The van der Waals surface area contributed by atoms with Crippen molar-refractivity contribution in [2.45, 2.75) is 39.0 Å². The van der Waals surface area contributed by atoms with Crippen molar-refractivity contribution in [2.24, 2.45) is 0 Å². The number of sulfonamides is 1. The molecule has 114 valence electrons. The second kappa shape index (κ2) is 5.40. The summed E-state index contributed by atoms with van der Waals surface area (Å²) in [5, 5.41) is 6.55. The molecular formula is C14H20N4O2S. The molecule has 21 heavy (non-hydrogen) atoms. The molecule has 0 atom stereocenters. The second-order valence-corrected chi connectivity index (χ2v) is 6.71. The fourth-order valence-electron chi connectivity index (χ4n) is 2.30. The quantitative estimate of drug-likeness (QED) is 0.754. The van der Waals surface area contributed by atoms with Crippen molar-refractivity contribution >= 4 is 21.5 Å². The molecule has 0 radical (unpaired) electrons. The SMILES string of the molecule is CCc1cn[nH]c1NS(=O)(=O)c1c(C)c(C)cc(N)c1C. The van der Waals surface area contributed by atoms with E-state index in [1.165, 1.54) is 0 Å². The topological polar surface area (TPSA) is 101 Å². The highest BCUT2D eigenvalue weighted by Gasteiger charge is 2.23. The number of aromatic nitrogens is 2. The van der Waals surface area contributed by atoms with Gasteiger partial charge < -0.3 is 5.73 Å². The van der Waals surface area contributed by atoms with Crippen LogP contribution in [0.4, 0.5) is 11.5 Å². The van der Waals surface area contributed by atoms with Crippen molar-refractivity contribution in [1.29, 1.82) is 0 Å². The van der Waals surface area contributed by atoms with Gasteiger partial charge in [-0.3, -0.25) is 9.82 Å². The molecule has 6 nitrogen and oxygen atoms in total. The van der Waals surface area contributed by atoms with E-state index in [9.17, 15) is 8.42 Å². The Kier molecular flexibility index (Phi) is 3.95. The minimum Gasteiger partial charge on any atom is -0.398 e. The lowest BCUT2D eigenvalue weighted by Gasteiger charge is -2.16. The maximum Gasteiger partial charge on any atom is 0.263 e. The van der Waals surface area contributed by atoms with Crippen molar-refractivity contribution in [1.82, 2.24) is 10.2 Å². The summed E-state index contributed by atoms with van der Waals surface area (Å²) in [6.45, 7) is 7.27. The lowest BCUT2D eigenvalue weighted by Crippen LogP contribution is -2.18. The molecule has 0 aliphatic carbocycles. The van der Waals surface area contributed by atoms with Crippen LogP contribution in [0.1, 0.15) is 29.2 Å². The van der Waals surface area contributed by atoms with E-state index in [-0.39, 0.29) is 4.90 Å². The molecule has 0 amide bonds. The molecule has 2 rings (SSSR count). The fourth-order valence-corrected chi connectivity index (χ4v) is 3.93. The number of H-pyrrole nitrogens is 1. The zero-order valence-corrected chi connectivity index (χ0v) is 13.4. The van der Waals surface area contributed by atoms with Crippen LogP contribution < -0.4 is 10.5 Å². The van der Waals surface area contributed by atoms with Crippen LogP contribution in [0.2, 0.25) is 0 Å². The summed E-state index contributed by atoms with van der Waals surface area (Å²) < 4.78 is 28.0. The number of nitrogen functional groups attached to an aromatic ring is 1. The Morgan fingerprint density at radius 2 is 1.95 bits per heavy atom. The van der Waals surface area contributed by atoms with Crippen molar-refractivity contribution < 1.29 is 8.42 Å². The van der Waals surface area contributed by atoms with Crippen LogP contribution in [0.15, 0.2) is 17.2 Å². The highest BCUT2D eigenvalue weighted by molar-refractivity contribution is 7.92. The van der Waals surface area contributed by atoms with Gasteiger partial charge in [-0.15, -0.1) is 0 Å². The highest BCUT2D eigenvalue weighted by atomic mass is 32.2. The first-order chi connectivity index (χ1) is 9.77. The number of benzene rings is 1. The summed E-state index contributed by atoms with van der Waals surface area (Å²) >= 11 is 0. The Morgan fingerprint density at radius 3 is 2.57 bits per heavy atom. The third-order valence-corrected chi connectivity index (χ3v) is 5.30. The second-order valence-electron chi connectivity index (χ2n) is 5.09. The van der Waals surface area contributed by atoms with Gasteiger partial charge in [0.05, 0.1) is 11.1 Å². The first-order valence-corrected chi connectivity index (χ1v) is 8.17. The Morgan fingerprint density at radius 1 is 1.29 bits per heavy atom. The molecule has 1 aromatic heterocycles. The van der Waals surface area contributed by atoms with Crippen molar-refractivity contribution in [2.75, 3.05) is 10.5 Å². The average molecular weight is 308 g/mol. The lowest BCUT2D eigenvalue weighted by molar-refractivity contribution is 0.599. The number of rotatable bonds is 4. The zero-order valence-electron chi connectivity index (χ0n) is 12.6. The third kappa shape index (κ3) is 2.73. The van der Waals surface area contributed by atoms with Crippen molar-refractivity contribution in [3.8, 4) is 0 Å². The number of hydrogen-bond donors (Lipinski definition) is 3. The van der Waals surface area contributed by atoms with Crippen LogP contribution >= 0.6 is 0 Å². The molecule has 1 heterocycles. The fraction of sp³-hybridized carbons (Fsp3) is 0.357. The molecule has 0 spiro atoms. The third-order valence-electron chi connectivity index (χ3n) is 3.68. The van der Waals surface area contributed by atoms with Gasteiger partial charge in [0.25, 0.3) is 10.0 Å². The highest BCUT2D eigenvalue weighted by Crippen LogP contribution is 2.29. The van der Waals surface area contributed by atoms with E-state index in [4.69, 9.17) is 5.73 Å². The van der Waals surface area contributed by atoms with Crippen LogP contribution in [0.3, 0.4) is 0 Å². The van der Waals surface area contributed by atoms with Gasteiger partial charge in [0.15, 0.2) is 0 Å². The minimum atomic E-state index is -3.72. The van der Waals surface area contributed by atoms with E-state index >= 15 is 0 Å². The standard InChI is InChI=1S/C14H20N4O2S/c1-5-11-7-16-17-14(11)18-21(19,20)13-9(3)8(2)6-12(15)10(13)4/h6-7H,5,15H2,1-4H3,(H2,16,17,18). The van der Waals surface area contributed by atoms with E-state index in [2.05, 4.69) is 14.9 Å². The predicted molar refractivity (Wildman–Crippen MR) is 83.8 cm³/mol. The van der Waals surface area contributed by atoms with Gasteiger partial charge in [0.2, 0.25) is 0 Å². The van der Waals surface area contributed by atoms with Crippen molar-refractivity contribution in [3.63, 3.8) is 0 Å². The molecular weight excluding hydrogens is 288 g/mol. The molecule has 0 aliphatic heterocycles. The van der Waals surface area contributed by atoms with Crippen LogP contribution in [0, 0.1) is 20.8 Å².